The first-order valence-electron chi connectivity index (χ1n) is 7.55. The number of benzene rings is 2. The van der Waals surface area contributed by atoms with Crippen molar-refractivity contribution in [2.45, 2.75) is 26.1 Å². The van der Waals surface area contributed by atoms with Gasteiger partial charge < -0.3 is 15.4 Å². The molecular weight excluding hydrogens is 314 g/mol. The van der Waals surface area contributed by atoms with Gasteiger partial charge in [0.25, 0.3) is 0 Å². The quantitative estimate of drug-likeness (QED) is 0.847. The molecule has 0 heterocycles. The van der Waals surface area contributed by atoms with Gasteiger partial charge in [0, 0.05) is 25.3 Å². The maximum Gasteiger partial charge on any atom is 0.315 e. The largest absolute Gasteiger partial charge is 0.380 e. The van der Waals surface area contributed by atoms with Crippen LogP contribution >= 0.6 is 0 Å². The fourth-order valence-corrected chi connectivity index (χ4v) is 2.28. The molecule has 2 amide bonds. The second-order valence-electron chi connectivity index (χ2n) is 5.46. The molecule has 0 radical (unpaired) electrons. The van der Waals surface area contributed by atoms with Gasteiger partial charge in [0.2, 0.25) is 0 Å². The first-order chi connectivity index (χ1) is 11.5. The molecule has 0 bridgehead atoms. The lowest BCUT2D eigenvalue weighted by atomic mass is 10.1. The first kappa shape index (κ1) is 17.9. The van der Waals surface area contributed by atoms with Gasteiger partial charge in [-0.1, -0.05) is 30.3 Å². The van der Waals surface area contributed by atoms with E-state index in [0.717, 1.165) is 23.3 Å². The Hall–Kier alpha value is -2.47. The van der Waals surface area contributed by atoms with Crippen molar-refractivity contribution >= 4 is 6.03 Å². The molecule has 2 N–H and O–H groups in total. The summed E-state index contributed by atoms with van der Waals surface area (Å²) in [6, 6.07) is 9.94. The zero-order valence-corrected chi connectivity index (χ0v) is 13.6. The molecule has 2 rings (SSSR count). The van der Waals surface area contributed by atoms with Gasteiger partial charge in [0.1, 0.15) is 11.6 Å². The number of methoxy groups -OCH3 is 1. The number of halogens is 2. The molecule has 2 aromatic rings. The van der Waals surface area contributed by atoms with Crippen LogP contribution in [0.3, 0.4) is 0 Å². The molecule has 0 saturated carbocycles. The van der Waals surface area contributed by atoms with E-state index in [2.05, 4.69) is 10.6 Å². The molecule has 0 fully saturated rings. The predicted octanol–water partition coefficient (Wildman–Crippen LogP) is 3.67. The molecular formula is C18H20F2N2O2. The number of nitrogens with one attached hydrogen (secondary N) is 2. The van der Waals surface area contributed by atoms with Gasteiger partial charge in [-0.05, 0) is 24.1 Å². The molecule has 0 spiro atoms. The summed E-state index contributed by atoms with van der Waals surface area (Å²) in [4.78, 5) is 11.9. The number of urea groups is 1. The molecule has 24 heavy (non-hydrogen) atoms. The van der Waals surface area contributed by atoms with Crippen molar-refractivity contribution in [2.75, 3.05) is 7.11 Å². The van der Waals surface area contributed by atoms with Gasteiger partial charge in [-0.3, -0.25) is 0 Å². The molecule has 0 aliphatic rings. The Morgan fingerprint density at radius 3 is 2.42 bits per heavy atom. The van der Waals surface area contributed by atoms with Crippen LogP contribution in [-0.2, 0) is 17.9 Å². The van der Waals surface area contributed by atoms with Crippen molar-refractivity contribution in [2.24, 2.45) is 0 Å². The van der Waals surface area contributed by atoms with E-state index in [0.29, 0.717) is 13.2 Å². The lowest BCUT2D eigenvalue weighted by Gasteiger charge is -2.16. The van der Waals surface area contributed by atoms with Crippen molar-refractivity contribution in [3.8, 4) is 0 Å². The third-order valence-electron chi connectivity index (χ3n) is 3.56. The summed E-state index contributed by atoms with van der Waals surface area (Å²) < 4.78 is 31.6. The van der Waals surface area contributed by atoms with E-state index in [9.17, 15) is 13.6 Å². The minimum absolute atomic E-state index is 0.232. The molecule has 0 aliphatic carbocycles. The van der Waals surface area contributed by atoms with Crippen LogP contribution in [0.2, 0.25) is 0 Å². The van der Waals surface area contributed by atoms with Crippen molar-refractivity contribution in [1.29, 1.82) is 0 Å². The number of amides is 2. The lowest BCUT2D eigenvalue weighted by Crippen LogP contribution is -2.36. The van der Waals surface area contributed by atoms with Gasteiger partial charge in [0.15, 0.2) is 0 Å². The molecule has 0 aliphatic heterocycles. The van der Waals surface area contributed by atoms with Crippen molar-refractivity contribution in [3.05, 3.63) is 70.8 Å². The van der Waals surface area contributed by atoms with E-state index in [1.54, 1.807) is 14.0 Å². The minimum Gasteiger partial charge on any atom is -0.380 e. The van der Waals surface area contributed by atoms with E-state index >= 15 is 0 Å². The lowest BCUT2D eigenvalue weighted by molar-refractivity contribution is 0.185. The van der Waals surface area contributed by atoms with E-state index < -0.39 is 23.7 Å². The fourth-order valence-electron chi connectivity index (χ4n) is 2.28. The Kier molecular flexibility index (Phi) is 6.26. The van der Waals surface area contributed by atoms with Crippen molar-refractivity contribution in [1.82, 2.24) is 10.6 Å². The maximum atomic E-state index is 13.7. The third-order valence-corrected chi connectivity index (χ3v) is 3.56. The van der Waals surface area contributed by atoms with Crippen molar-refractivity contribution in [3.63, 3.8) is 0 Å². The summed E-state index contributed by atoms with van der Waals surface area (Å²) in [6.45, 7) is 2.52. The number of carbonyl (C=O) groups excluding carboxylic acids is 1. The summed E-state index contributed by atoms with van der Waals surface area (Å²) in [5.74, 6) is -1.33. The summed E-state index contributed by atoms with van der Waals surface area (Å²) in [5.41, 5.74) is 2.21. The monoisotopic (exact) mass is 334 g/mol. The fraction of sp³-hybridized carbons (Fsp3) is 0.278. The van der Waals surface area contributed by atoms with Gasteiger partial charge in [0.05, 0.1) is 12.6 Å². The van der Waals surface area contributed by atoms with Crippen LogP contribution in [-0.4, -0.2) is 13.1 Å². The highest BCUT2D eigenvalue weighted by Crippen LogP contribution is 2.17. The standard InChI is InChI=1S/C18H20F2N2O2/c1-12(16-8-7-15(19)9-17(16)20)22-18(23)21-10-13-3-5-14(6-4-13)11-24-2/h3-9,12H,10-11H2,1-2H3,(H2,21,22,23). The molecule has 1 atom stereocenters. The van der Waals surface area contributed by atoms with Gasteiger partial charge in [-0.25, -0.2) is 13.6 Å². The number of ether oxygens (including phenoxy) is 1. The molecule has 6 heteroatoms. The highest BCUT2D eigenvalue weighted by Gasteiger charge is 2.14. The highest BCUT2D eigenvalue weighted by molar-refractivity contribution is 5.74. The first-order valence-corrected chi connectivity index (χ1v) is 7.55. The summed E-state index contributed by atoms with van der Waals surface area (Å²) in [5, 5.41) is 5.33. The molecule has 2 aromatic carbocycles. The molecule has 4 nitrogen and oxygen atoms in total. The molecule has 1 unspecified atom stereocenters. The van der Waals surface area contributed by atoms with E-state index in [1.807, 2.05) is 24.3 Å². The van der Waals surface area contributed by atoms with Crippen LogP contribution in [0.1, 0.15) is 29.7 Å². The Labute approximate surface area is 139 Å². The molecule has 0 aromatic heterocycles. The Morgan fingerprint density at radius 1 is 1.12 bits per heavy atom. The predicted molar refractivity (Wildman–Crippen MR) is 87.3 cm³/mol. The summed E-state index contributed by atoms with van der Waals surface area (Å²) in [7, 11) is 1.63. The molecule has 128 valence electrons. The number of carbonyl (C=O) groups is 1. The topological polar surface area (TPSA) is 50.4 Å². The van der Waals surface area contributed by atoms with Crippen LogP contribution in [0.25, 0.3) is 0 Å². The number of rotatable bonds is 6. The second kappa shape index (κ2) is 8.40. The van der Waals surface area contributed by atoms with E-state index in [-0.39, 0.29) is 5.56 Å². The zero-order valence-electron chi connectivity index (χ0n) is 13.6. The minimum atomic E-state index is -0.684. The maximum absolute atomic E-state index is 13.7. The van der Waals surface area contributed by atoms with Gasteiger partial charge in [-0.15, -0.1) is 0 Å². The normalized spacial score (nSPS) is 11.8. The SMILES string of the molecule is COCc1ccc(CNC(=O)NC(C)c2ccc(F)cc2F)cc1. The van der Waals surface area contributed by atoms with Crippen LogP contribution in [0.4, 0.5) is 13.6 Å². The summed E-state index contributed by atoms with van der Waals surface area (Å²) >= 11 is 0. The van der Waals surface area contributed by atoms with Crippen LogP contribution in [0.5, 0.6) is 0 Å². The van der Waals surface area contributed by atoms with Gasteiger partial charge in [-0.2, -0.15) is 0 Å². The Morgan fingerprint density at radius 2 is 1.79 bits per heavy atom. The van der Waals surface area contributed by atoms with Crippen LogP contribution in [0.15, 0.2) is 42.5 Å². The average Bonchev–Trinajstić information content (AvgIpc) is 2.54. The Bertz CT molecular complexity index is 690. The summed E-state index contributed by atoms with van der Waals surface area (Å²) in [6.07, 6.45) is 0. The van der Waals surface area contributed by atoms with E-state index in [1.165, 1.54) is 6.07 Å². The van der Waals surface area contributed by atoms with Gasteiger partial charge >= 0.3 is 6.03 Å². The smallest absolute Gasteiger partial charge is 0.315 e. The van der Waals surface area contributed by atoms with Crippen LogP contribution < -0.4 is 10.6 Å². The zero-order chi connectivity index (χ0) is 17.5. The highest BCUT2D eigenvalue weighted by atomic mass is 19.1. The third kappa shape index (κ3) is 5.03. The molecule has 0 saturated heterocycles. The van der Waals surface area contributed by atoms with Crippen molar-refractivity contribution < 1.29 is 18.3 Å². The Balaban J connectivity index is 1.86. The average molecular weight is 334 g/mol. The second-order valence-corrected chi connectivity index (χ2v) is 5.46. The number of hydrogen-bond donors (Lipinski definition) is 2. The van der Waals surface area contributed by atoms with Crippen LogP contribution in [0, 0.1) is 11.6 Å². The van der Waals surface area contributed by atoms with E-state index in [4.69, 9.17) is 4.74 Å². The number of hydrogen-bond acceptors (Lipinski definition) is 2.